The summed E-state index contributed by atoms with van der Waals surface area (Å²) < 4.78 is 11.3. The van der Waals surface area contributed by atoms with E-state index in [1.807, 2.05) is 6.08 Å². The van der Waals surface area contributed by atoms with Crippen molar-refractivity contribution in [1.82, 2.24) is 5.32 Å². The van der Waals surface area contributed by atoms with Gasteiger partial charge >= 0.3 is 0 Å². The van der Waals surface area contributed by atoms with Crippen molar-refractivity contribution in [3.05, 3.63) is 48.6 Å². The van der Waals surface area contributed by atoms with Gasteiger partial charge in [-0.15, -0.1) is 0 Å². The molecule has 0 radical (unpaired) electrons. The van der Waals surface area contributed by atoms with E-state index in [0.29, 0.717) is 6.42 Å². The number of allylic oxidation sites excluding steroid dienone is 7. The lowest BCUT2D eigenvalue weighted by Gasteiger charge is -2.40. The number of carbonyl (C=O) groups is 1. The van der Waals surface area contributed by atoms with E-state index >= 15 is 0 Å². The molecule has 1 saturated heterocycles. The monoisotopic (exact) mass is 988 g/mol. The summed E-state index contributed by atoms with van der Waals surface area (Å²) in [5, 5.41) is 54.5. The summed E-state index contributed by atoms with van der Waals surface area (Å²) in [5.74, 6) is -0.192. The molecular formula is C61H113NO8. The van der Waals surface area contributed by atoms with Crippen LogP contribution in [0, 0.1) is 0 Å². The molecule has 1 fully saturated rings. The topological polar surface area (TPSA) is 149 Å². The Morgan fingerprint density at radius 3 is 1.20 bits per heavy atom. The molecule has 0 aromatic carbocycles. The molecule has 7 unspecified atom stereocenters. The minimum absolute atomic E-state index is 0.192. The highest BCUT2D eigenvalue weighted by Crippen LogP contribution is 2.23. The van der Waals surface area contributed by atoms with Gasteiger partial charge in [0, 0.05) is 6.42 Å². The van der Waals surface area contributed by atoms with Crippen LogP contribution < -0.4 is 5.32 Å². The van der Waals surface area contributed by atoms with Crippen LogP contribution in [0.4, 0.5) is 0 Å². The lowest BCUT2D eigenvalue weighted by Crippen LogP contribution is -2.60. The van der Waals surface area contributed by atoms with Crippen molar-refractivity contribution in [1.29, 1.82) is 0 Å². The minimum Gasteiger partial charge on any atom is -0.394 e. The van der Waals surface area contributed by atoms with Gasteiger partial charge in [-0.05, 0) is 70.6 Å². The first-order chi connectivity index (χ1) is 34.3. The fraction of sp³-hybridized carbons (Fsp3) is 0.852. The summed E-state index contributed by atoms with van der Waals surface area (Å²) in [7, 11) is 0. The highest BCUT2D eigenvalue weighted by atomic mass is 16.7. The van der Waals surface area contributed by atoms with Crippen LogP contribution in [0.15, 0.2) is 48.6 Å². The van der Waals surface area contributed by atoms with Gasteiger partial charge in [0.2, 0.25) is 5.91 Å². The van der Waals surface area contributed by atoms with Gasteiger partial charge in [-0.2, -0.15) is 0 Å². The molecule has 1 aliphatic rings. The van der Waals surface area contributed by atoms with Crippen LogP contribution in [0.25, 0.3) is 0 Å². The van der Waals surface area contributed by atoms with Crippen molar-refractivity contribution >= 4 is 5.91 Å². The highest BCUT2D eigenvalue weighted by molar-refractivity contribution is 5.76. The molecule has 1 amide bonds. The average molecular weight is 989 g/mol. The summed E-state index contributed by atoms with van der Waals surface area (Å²) >= 11 is 0. The van der Waals surface area contributed by atoms with E-state index in [1.165, 1.54) is 212 Å². The van der Waals surface area contributed by atoms with Crippen LogP contribution >= 0.6 is 0 Å². The van der Waals surface area contributed by atoms with Crippen molar-refractivity contribution < 1.29 is 39.8 Å². The van der Waals surface area contributed by atoms with Gasteiger partial charge in [0.1, 0.15) is 24.4 Å². The molecule has 1 rings (SSSR count). The van der Waals surface area contributed by atoms with Gasteiger partial charge in [0.15, 0.2) is 6.29 Å². The van der Waals surface area contributed by atoms with Crippen LogP contribution in [0.2, 0.25) is 0 Å². The molecule has 0 bridgehead atoms. The summed E-state index contributed by atoms with van der Waals surface area (Å²) in [4.78, 5) is 13.1. The molecule has 1 aliphatic heterocycles. The quantitative estimate of drug-likeness (QED) is 0.0261. The lowest BCUT2D eigenvalue weighted by molar-refractivity contribution is -0.302. The van der Waals surface area contributed by atoms with E-state index in [4.69, 9.17) is 9.47 Å². The molecule has 0 saturated carbocycles. The summed E-state index contributed by atoms with van der Waals surface area (Å²) in [6, 6.07) is -0.831. The number of amides is 1. The van der Waals surface area contributed by atoms with E-state index < -0.39 is 49.5 Å². The number of ether oxygens (including phenoxy) is 2. The van der Waals surface area contributed by atoms with Gasteiger partial charge in [-0.3, -0.25) is 4.79 Å². The molecule has 9 nitrogen and oxygen atoms in total. The molecule has 0 aliphatic carbocycles. The number of aliphatic hydroxyl groups is 5. The van der Waals surface area contributed by atoms with Crippen LogP contribution in [-0.2, 0) is 14.3 Å². The van der Waals surface area contributed by atoms with Gasteiger partial charge in [0.25, 0.3) is 0 Å². The fourth-order valence-electron chi connectivity index (χ4n) is 9.36. The van der Waals surface area contributed by atoms with E-state index in [9.17, 15) is 30.3 Å². The molecule has 9 heteroatoms. The van der Waals surface area contributed by atoms with E-state index in [-0.39, 0.29) is 12.5 Å². The van der Waals surface area contributed by atoms with Crippen LogP contribution in [0.3, 0.4) is 0 Å². The summed E-state index contributed by atoms with van der Waals surface area (Å²) in [6.45, 7) is 3.78. The van der Waals surface area contributed by atoms with Gasteiger partial charge in [-0.1, -0.05) is 249 Å². The maximum Gasteiger partial charge on any atom is 0.220 e. The second-order valence-corrected chi connectivity index (χ2v) is 20.8. The molecule has 7 atom stereocenters. The predicted octanol–water partition coefficient (Wildman–Crippen LogP) is 14.9. The van der Waals surface area contributed by atoms with E-state index in [1.54, 1.807) is 6.08 Å². The maximum atomic E-state index is 13.1. The molecular weight excluding hydrogens is 875 g/mol. The Morgan fingerprint density at radius 2 is 0.814 bits per heavy atom. The Labute approximate surface area is 431 Å². The van der Waals surface area contributed by atoms with Crippen LogP contribution in [-0.4, -0.2) is 87.5 Å². The standard InChI is InChI=1S/C61H113NO8/c1-3-5-7-9-11-13-15-17-19-21-23-25-27-29-31-33-35-37-39-41-43-45-47-49-51-57(65)62-54(53-69-61-60(68)59(67)58(66)56(52-63)70-61)55(64)50-48-46-44-42-40-38-36-34-32-30-28-26-24-22-20-18-16-14-12-10-8-6-4-2/h29,31-32,34,40,42,48,50,54-56,58-61,63-64,66-68H,3-28,30,33,35-39,41,43-47,49,51-53H2,1-2H3,(H,62,65)/b31-29-,34-32+,42-40+,50-48+. The lowest BCUT2D eigenvalue weighted by atomic mass is 9.99. The molecule has 0 aromatic rings. The highest BCUT2D eigenvalue weighted by Gasteiger charge is 2.44. The van der Waals surface area contributed by atoms with Crippen LogP contribution in [0.1, 0.15) is 277 Å². The molecule has 1 heterocycles. The third kappa shape index (κ3) is 39.7. The molecule has 0 spiro atoms. The minimum atomic E-state index is -1.58. The van der Waals surface area contributed by atoms with Crippen molar-refractivity contribution in [3.63, 3.8) is 0 Å². The normalized spacial score (nSPS) is 19.7. The number of nitrogens with one attached hydrogen (secondary N) is 1. The van der Waals surface area contributed by atoms with Crippen molar-refractivity contribution in [2.24, 2.45) is 0 Å². The number of hydrogen-bond donors (Lipinski definition) is 6. The Bertz CT molecular complexity index is 1240. The SMILES string of the molecule is CCCCCCCCCCCCCC/C=C\CCCCCCCCCCC(=O)NC(COC1OC(CO)C(O)C(O)C1O)C(O)/C=C/CC/C=C/CC/C=C/CCCCCCCCCCCCCCC. The number of aliphatic hydroxyl groups excluding tert-OH is 5. The van der Waals surface area contributed by atoms with Crippen LogP contribution in [0.5, 0.6) is 0 Å². The van der Waals surface area contributed by atoms with E-state index in [0.717, 1.165) is 44.9 Å². The summed E-state index contributed by atoms with van der Waals surface area (Å²) in [5.41, 5.74) is 0. The van der Waals surface area contributed by atoms with Crippen molar-refractivity contribution in [2.45, 2.75) is 320 Å². The molecule has 410 valence electrons. The smallest absolute Gasteiger partial charge is 0.220 e. The number of rotatable bonds is 51. The van der Waals surface area contributed by atoms with Crippen molar-refractivity contribution in [3.8, 4) is 0 Å². The number of hydrogen-bond acceptors (Lipinski definition) is 8. The zero-order valence-electron chi connectivity index (χ0n) is 45.5. The molecule has 6 N–H and O–H groups in total. The summed E-state index contributed by atoms with van der Waals surface area (Å²) in [6.07, 6.45) is 60.4. The third-order valence-corrected chi connectivity index (χ3v) is 14.1. The first-order valence-corrected chi connectivity index (χ1v) is 29.9. The Balaban J connectivity index is 2.26. The largest absolute Gasteiger partial charge is 0.394 e. The number of carbonyl (C=O) groups excluding carboxylic acids is 1. The zero-order chi connectivity index (χ0) is 50.8. The Morgan fingerprint density at radius 1 is 0.471 bits per heavy atom. The first kappa shape index (κ1) is 66.2. The van der Waals surface area contributed by atoms with Crippen molar-refractivity contribution in [2.75, 3.05) is 13.2 Å². The number of unbranched alkanes of at least 4 members (excludes halogenated alkanes) is 35. The third-order valence-electron chi connectivity index (χ3n) is 14.1. The fourth-order valence-corrected chi connectivity index (χ4v) is 9.36. The Hall–Kier alpha value is -1.85. The predicted molar refractivity (Wildman–Crippen MR) is 295 cm³/mol. The van der Waals surface area contributed by atoms with Gasteiger partial charge < -0.3 is 40.3 Å². The average Bonchev–Trinajstić information content (AvgIpc) is 3.36. The Kier molecular flexibility index (Phi) is 47.9. The van der Waals surface area contributed by atoms with Gasteiger partial charge in [0.05, 0.1) is 25.4 Å². The van der Waals surface area contributed by atoms with Gasteiger partial charge in [-0.25, -0.2) is 0 Å². The second-order valence-electron chi connectivity index (χ2n) is 20.8. The van der Waals surface area contributed by atoms with E-state index in [2.05, 4.69) is 55.6 Å². The molecule has 0 aromatic heterocycles. The molecule has 70 heavy (non-hydrogen) atoms. The second kappa shape index (κ2) is 50.7. The zero-order valence-corrected chi connectivity index (χ0v) is 45.5. The maximum absolute atomic E-state index is 13.1. The first-order valence-electron chi connectivity index (χ1n) is 29.9.